The number of benzene rings is 3. The Bertz CT molecular complexity index is 2220. The molecule has 0 saturated heterocycles. The maximum absolute atomic E-state index is 6.16. The summed E-state index contributed by atoms with van der Waals surface area (Å²) in [7, 11) is 0. The number of nitrogens with zero attached hydrogens (tertiary/aromatic N) is 2. The van der Waals surface area contributed by atoms with Crippen LogP contribution in [0, 0.1) is 0 Å². The van der Waals surface area contributed by atoms with Crippen molar-refractivity contribution >= 4 is 63.4 Å². The molecule has 5 heterocycles. The Morgan fingerprint density at radius 2 is 1.16 bits per heavy atom. The van der Waals surface area contributed by atoms with Crippen LogP contribution in [0.3, 0.4) is 0 Å². The molecule has 6 nitrogen and oxygen atoms in total. The van der Waals surface area contributed by atoms with Gasteiger partial charge in [0.2, 0.25) is 0 Å². The van der Waals surface area contributed by atoms with Crippen molar-refractivity contribution < 1.29 is 0 Å². The van der Waals surface area contributed by atoms with E-state index in [0.29, 0.717) is 5.69 Å². The Labute approximate surface area is 254 Å². The van der Waals surface area contributed by atoms with Crippen LogP contribution >= 0.6 is 0 Å². The van der Waals surface area contributed by atoms with Gasteiger partial charge in [0.1, 0.15) is 0 Å². The van der Waals surface area contributed by atoms with Gasteiger partial charge in [-0.05, 0) is 84.0 Å². The van der Waals surface area contributed by atoms with Gasteiger partial charge in [0.15, 0.2) is 0 Å². The molecule has 210 valence electrons. The molecule has 0 aliphatic carbocycles. The minimum atomic E-state index is 0.684. The summed E-state index contributed by atoms with van der Waals surface area (Å²) in [5.74, 6) is 0. The first-order valence-electron chi connectivity index (χ1n) is 14.5. The summed E-state index contributed by atoms with van der Waals surface area (Å²) >= 11 is 0. The lowest BCUT2D eigenvalue weighted by Gasteiger charge is -2.09. The number of aromatic nitrogens is 4. The molecule has 0 spiro atoms. The molecule has 0 fully saturated rings. The standard InChI is InChI=1S/C38H28N6/c39-26-12-7-13-27(22-26)42-38-34-20-18-32(43-34)36(24-8-3-1-4-9-24)30-16-14-28(40-30)23-29-15-17-31(41-29)37(25-10-5-2-6-11-25)33-19-21-35(38)44-33/h1-23,40,42,44H,39H2. The summed E-state index contributed by atoms with van der Waals surface area (Å²) in [6.07, 6.45) is 8.29. The number of hydrogen-bond acceptors (Lipinski definition) is 4. The van der Waals surface area contributed by atoms with Gasteiger partial charge >= 0.3 is 0 Å². The molecule has 0 atom stereocenters. The molecule has 5 N–H and O–H groups in total. The molecule has 2 aliphatic rings. The van der Waals surface area contributed by atoms with E-state index in [-0.39, 0.29) is 0 Å². The Morgan fingerprint density at radius 1 is 0.523 bits per heavy atom. The number of anilines is 3. The van der Waals surface area contributed by atoms with Gasteiger partial charge in [-0.1, -0.05) is 66.7 Å². The Morgan fingerprint density at radius 3 is 1.91 bits per heavy atom. The maximum Gasteiger partial charge on any atom is 0.0894 e. The van der Waals surface area contributed by atoms with Crippen LogP contribution in [0.4, 0.5) is 17.1 Å². The van der Waals surface area contributed by atoms with Crippen molar-refractivity contribution in [2.75, 3.05) is 11.1 Å². The van der Waals surface area contributed by atoms with Gasteiger partial charge in [-0.25, -0.2) is 9.97 Å². The van der Waals surface area contributed by atoms with E-state index in [1.165, 1.54) is 0 Å². The maximum atomic E-state index is 6.16. The fraction of sp³-hybridized carbons (Fsp3) is 0. The quantitative estimate of drug-likeness (QED) is 0.159. The summed E-state index contributed by atoms with van der Waals surface area (Å²) < 4.78 is 0. The van der Waals surface area contributed by atoms with E-state index in [0.717, 1.165) is 78.5 Å². The van der Waals surface area contributed by atoms with Gasteiger partial charge < -0.3 is 21.0 Å². The third kappa shape index (κ3) is 4.74. The zero-order chi connectivity index (χ0) is 29.5. The minimum Gasteiger partial charge on any atom is -0.399 e. The lowest BCUT2D eigenvalue weighted by Crippen LogP contribution is -1.95. The van der Waals surface area contributed by atoms with Crippen molar-refractivity contribution in [2.24, 2.45) is 0 Å². The van der Waals surface area contributed by atoms with E-state index in [9.17, 15) is 0 Å². The van der Waals surface area contributed by atoms with Crippen LogP contribution in [-0.2, 0) is 0 Å². The molecule has 3 aromatic heterocycles. The van der Waals surface area contributed by atoms with Crippen LogP contribution in [0.2, 0.25) is 0 Å². The first kappa shape index (κ1) is 25.6. The summed E-state index contributed by atoms with van der Waals surface area (Å²) in [5.41, 5.74) is 20.0. The highest BCUT2D eigenvalue weighted by Crippen LogP contribution is 2.35. The van der Waals surface area contributed by atoms with E-state index in [1.807, 2.05) is 36.4 Å². The second kappa shape index (κ2) is 10.6. The minimum absolute atomic E-state index is 0.684. The highest BCUT2D eigenvalue weighted by atomic mass is 14.9. The highest BCUT2D eigenvalue weighted by Gasteiger charge is 2.16. The smallest absolute Gasteiger partial charge is 0.0894 e. The van der Waals surface area contributed by atoms with E-state index in [2.05, 4.69) is 118 Å². The van der Waals surface area contributed by atoms with Gasteiger partial charge in [0.25, 0.3) is 0 Å². The molecule has 44 heavy (non-hydrogen) atoms. The average Bonchev–Trinajstić information content (AvgIpc) is 3.87. The van der Waals surface area contributed by atoms with Crippen molar-refractivity contribution in [3.8, 4) is 22.3 Å². The molecule has 6 aromatic rings. The molecule has 0 saturated carbocycles. The topological polar surface area (TPSA) is 95.4 Å². The monoisotopic (exact) mass is 568 g/mol. The van der Waals surface area contributed by atoms with Gasteiger partial charge in [-0.15, -0.1) is 0 Å². The number of nitrogens with one attached hydrogen (secondary N) is 3. The van der Waals surface area contributed by atoms with Gasteiger partial charge in [0.05, 0.1) is 34.0 Å². The van der Waals surface area contributed by atoms with Gasteiger partial charge in [-0.2, -0.15) is 0 Å². The third-order valence-electron chi connectivity index (χ3n) is 7.86. The summed E-state index contributed by atoms with van der Waals surface area (Å²) in [6.45, 7) is 0. The van der Waals surface area contributed by atoms with Crippen LogP contribution in [0.15, 0.2) is 115 Å². The molecule has 0 amide bonds. The molecular formula is C38H28N6. The van der Waals surface area contributed by atoms with E-state index >= 15 is 0 Å². The average molecular weight is 569 g/mol. The predicted octanol–water partition coefficient (Wildman–Crippen LogP) is 9.32. The molecule has 3 aromatic carbocycles. The van der Waals surface area contributed by atoms with Crippen molar-refractivity contribution in [1.82, 2.24) is 19.9 Å². The zero-order valence-electron chi connectivity index (χ0n) is 23.8. The lowest BCUT2D eigenvalue weighted by atomic mass is 10.0. The van der Waals surface area contributed by atoms with Crippen LogP contribution < -0.4 is 11.1 Å². The van der Waals surface area contributed by atoms with E-state index < -0.39 is 0 Å². The summed E-state index contributed by atoms with van der Waals surface area (Å²) in [5, 5.41) is 3.62. The normalized spacial score (nSPS) is 12.0. The van der Waals surface area contributed by atoms with Crippen molar-refractivity contribution in [1.29, 1.82) is 0 Å². The van der Waals surface area contributed by atoms with E-state index in [4.69, 9.17) is 15.7 Å². The Balaban J connectivity index is 1.50. The number of nitrogens with two attached hydrogens (primary N) is 1. The molecular weight excluding hydrogens is 540 g/mol. The summed E-state index contributed by atoms with van der Waals surface area (Å²) in [6, 6.07) is 39.0. The number of rotatable bonds is 4. The molecule has 8 rings (SSSR count). The number of aromatic amines is 2. The molecule has 0 unspecified atom stereocenters. The fourth-order valence-electron chi connectivity index (χ4n) is 5.85. The number of hydrogen-bond donors (Lipinski definition) is 4. The van der Waals surface area contributed by atoms with E-state index in [1.54, 1.807) is 0 Å². The van der Waals surface area contributed by atoms with Crippen molar-refractivity contribution in [3.05, 3.63) is 138 Å². The van der Waals surface area contributed by atoms with Gasteiger partial charge in [-0.3, -0.25) is 0 Å². The largest absolute Gasteiger partial charge is 0.399 e. The Hall–Kier alpha value is -6.14. The van der Waals surface area contributed by atoms with Crippen LogP contribution in [0.1, 0.15) is 22.8 Å². The Kier molecular flexibility index (Phi) is 6.16. The van der Waals surface area contributed by atoms with Crippen LogP contribution in [0.25, 0.3) is 68.6 Å². The second-order valence-electron chi connectivity index (χ2n) is 10.8. The zero-order valence-corrected chi connectivity index (χ0v) is 23.8. The fourth-order valence-corrected chi connectivity index (χ4v) is 5.85. The molecule has 6 heteroatoms. The SMILES string of the molecule is Nc1cccc(Nc2c3nc(c(-c4ccccc4)c4ccc(cc5nc(c(-c6ccccc6)c6ccc2[nH]6)C=C5)[nH]4)C=C3)c1. The van der Waals surface area contributed by atoms with Crippen molar-refractivity contribution in [3.63, 3.8) is 0 Å². The van der Waals surface area contributed by atoms with Gasteiger partial charge in [0, 0.05) is 39.1 Å². The number of nitrogen functional groups attached to an aromatic ring is 1. The van der Waals surface area contributed by atoms with Crippen molar-refractivity contribution in [2.45, 2.75) is 0 Å². The molecule has 0 radical (unpaired) electrons. The number of H-pyrrole nitrogens is 2. The number of fused-ring (bicyclic) bond motifs is 8. The van der Waals surface area contributed by atoms with Crippen LogP contribution in [0.5, 0.6) is 0 Å². The first-order chi connectivity index (χ1) is 21.7. The third-order valence-corrected chi connectivity index (χ3v) is 7.86. The predicted molar refractivity (Wildman–Crippen MR) is 184 cm³/mol. The molecule has 2 aliphatic heterocycles. The lowest BCUT2D eigenvalue weighted by molar-refractivity contribution is 1.31. The first-order valence-corrected chi connectivity index (χ1v) is 14.5. The van der Waals surface area contributed by atoms with Crippen LogP contribution in [-0.4, -0.2) is 19.9 Å². The second-order valence-corrected chi connectivity index (χ2v) is 10.8. The summed E-state index contributed by atoms with van der Waals surface area (Å²) in [4.78, 5) is 17.6. The highest BCUT2D eigenvalue weighted by molar-refractivity contribution is 5.96. The molecule has 8 bridgehead atoms.